The first kappa shape index (κ1) is 22.4. The number of carbonyl (C=O) groups is 1. The number of fused-ring (bicyclic) bond motifs is 1. The number of sulfonamides is 1. The Morgan fingerprint density at radius 1 is 1.06 bits per heavy atom. The number of amides is 1. The summed E-state index contributed by atoms with van der Waals surface area (Å²) in [5.41, 5.74) is 3.03. The van der Waals surface area contributed by atoms with Crippen LogP contribution in [0.15, 0.2) is 70.0 Å². The van der Waals surface area contributed by atoms with E-state index in [1.165, 1.54) is 61.1 Å². The fraction of sp³-hybridized carbons (Fsp3) is 0.0909. The minimum absolute atomic E-state index is 0.0507. The van der Waals surface area contributed by atoms with Crippen LogP contribution in [0.2, 0.25) is 0 Å². The van der Waals surface area contributed by atoms with E-state index in [4.69, 9.17) is 9.62 Å². The van der Waals surface area contributed by atoms with E-state index in [9.17, 15) is 22.0 Å². The SMILES string of the molecule is CN(c1ccc(C(=O)NO)cc1)S(=O)(=O)c1ccc2nc(Cc3ccc(F)c(F)c3)oc2c1. The van der Waals surface area contributed by atoms with Crippen LogP contribution in [-0.4, -0.2) is 31.6 Å². The Balaban J connectivity index is 1.60. The van der Waals surface area contributed by atoms with Crippen LogP contribution < -0.4 is 9.79 Å². The molecule has 0 unspecified atom stereocenters. The van der Waals surface area contributed by atoms with Crippen LogP contribution in [0.3, 0.4) is 0 Å². The summed E-state index contributed by atoms with van der Waals surface area (Å²) in [7, 11) is -2.62. The predicted octanol–water partition coefficient (Wildman–Crippen LogP) is 3.64. The van der Waals surface area contributed by atoms with Crippen LogP contribution in [0.1, 0.15) is 21.8 Å². The maximum absolute atomic E-state index is 13.4. The molecule has 2 N–H and O–H groups in total. The van der Waals surface area contributed by atoms with E-state index >= 15 is 0 Å². The molecule has 11 heteroatoms. The number of carbonyl (C=O) groups excluding carboxylic acids is 1. The molecule has 0 bridgehead atoms. The van der Waals surface area contributed by atoms with Gasteiger partial charge in [0.05, 0.1) is 10.6 Å². The second kappa shape index (κ2) is 8.60. The lowest BCUT2D eigenvalue weighted by Gasteiger charge is -2.19. The highest BCUT2D eigenvalue weighted by Gasteiger charge is 2.23. The lowest BCUT2D eigenvalue weighted by molar-refractivity contribution is 0.0706. The Morgan fingerprint density at radius 3 is 2.45 bits per heavy atom. The van der Waals surface area contributed by atoms with Crippen LogP contribution >= 0.6 is 0 Å². The van der Waals surface area contributed by atoms with Crippen molar-refractivity contribution in [1.82, 2.24) is 10.5 Å². The van der Waals surface area contributed by atoms with Crippen molar-refractivity contribution in [3.8, 4) is 0 Å². The van der Waals surface area contributed by atoms with Crippen molar-refractivity contribution in [3.63, 3.8) is 0 Å². The van der Waals surface area contributed by atoms with Crippen molar-refractivity contribution in [1.29, 1.82) is 0 Å². The van der Waals surface area contributed by atoms with E-state index in [0.29, 0.717) is 16.8 Å². The molecule has 0 fully saturated rings. The third kappa shape index (κ3) is 4.41. The predicted molar refractivity (Wildman–Crippen MR) is 114 cm³/mol. The Morgan fingerprint density at radius 2 is 1.79 bits per heavy atom. The van der Waals surface area contributed by atoms with E-state index in [0.717, 1.165) is 16.4 Å². The number of halogens is 2. The number of hydrogen-bond acceptors (Lipinski definition) is 6. The van der Waals surface area contributed by atoms with Gasteiger partial charge < -0.3 is 4.42 Å². The first-order chi connectivity index (χ1) is 15.7. The zero-order valence-electron chi connectivity index (χ0n) is 17.1. The van der Waals surface area contributed by atoms with Crippen molar-refractivity contribution in [3.05, 3.63) is 89.3 Å². The summed E-state index contributed by atoms with van der Waals surface area (Å²) in [4.78, 5) is 15.7. The molecule has 0 spiro atoms. The number of aromatic nitrogens is 1. The van der Waals surface area contributed by atoms with Gasteiger partial charge in [0, 0.05) is 25.1 Å². The number of oxazole rings is 1. The Labute approximate surface area is 187 Å². The number of nitrogens with one attached hydrogen (secondary N) is 1. The third-order valence-corrected chi connectivity index (χ3v) is 6.78. The zero-order valence-corrected chi connectivity index (χ0v) is 17.9. The van der Waals surface area contributed by atoms with E-state index in [2.05, 4.69) is 4.98 Å². The average Bonchev–Trinajstić information content (AvgIpc) is 3.22. The normalized spacial score (nSPS) is 11.5. The molecule has 0 aliphatic heterocycles. The molecule has 1 heterocycles. The molecule has 1 aromatic heterocycles. The molecule has 0 aliphatic carbocycles. The number of rotatable bonds is 6. The highest BCUT2D eigenvalue weighted by Crippen LogP contribution is 2.26. The molecule has 0 saturated carbocycles. The topological polar surface area (TPSA) is 113 Å². The fourth-order valence-corrected chi connectivity index (χ4v) is 4.41. The van der Waals surface area contributed by atoms with Crippen LogP contribution in [0.5, 0.6) is 0 Å². The fourth-order valence-electron chi connectivity index (χ4n) is 3.20. The Hall–Kier alpha value is -3.83. The molecule has 8 nitrogen and oxygen atoms in total. The van der Waals surface area contributed by atoms with Crippen molar-refractivity contribution in [2.45, 2.75) is 11.3 Å². The van der Waals surface area contributed by atoms with Crippen molar-refractivity contribution in [2.75, 3.05) is 11.4 Å². The number of benzene rings is 3. The Kier molecular flexibility index (Phi) is 5.83. The molecular formula is C22H17F2N3O5S. The summed E-state index contributed by atoms with van der Waals surface area (Å²) in [5.74, 6) is -2.44. The largest absolute Gasteiger partial charge is 0.440 e. The maximum Gasteiger partial charge on any atom is 0.274 e. The van der Waals surface area contributed by atoms with Crippen LogP contribution in [0, 0.1) is 11.6 Å². The van der Waals surface area contributed by atoms with Gasteiger partial charge in [-0.05, 0) is 54.1 Å². The molecule has 4 rings (SSSR count). The summed E-state index contributed by atoms with van der Waals surface area (Å²) in [5, 5.41) is 8.69. The first-order valence-corrected chi connectivity index (χ1v) is 11.0. The van der Waals surface area contributed by atoms with Gasteiger partial charge >= 0.3 is 0 Å². The lowest BCUT2D eigenvalue weighted by Crippen LogP contribution is -2.26. The van der Waals surface area contributed by atoms with Gasteiger partial charge in [-0.15, -0.1) is 0 Å². The van der Waals surface area contributed by atoms with Gasteiger partial charge in [0.25, 0.3) is 15.9 Å². The summed E-state index contributed by atoms with van der Waals surface area (Å²) < 4.78 is 59.4. The smallest absolute Gasteiger partial charge is 0.274 e. The van der Waals surface area contributed by atoms with Gasteiger partial charge in [-0.1, -0.05) is 6.07 Å². The standard InChI is InChI=1S/C22H17F2N3O5S/c1-27(15-5-3-14(4-6-15)22(28)26-29)33(30,31)16-7-9-19-20(12-16)32-21(25-19)11-13-2-8-17(23)18(24)10-13/h2-10,12,29H,11H2,1H3,(H,26,28). The first-order valence-electron chi connectivity index (χ1n) is 9.56. The van der Waals surface area contributed by atoms with Crippen LogP contribution in [-0.2, 0) is 16.4 Å². The Bertz CT molecular complexity index is 1450. The second-order valence-corrected chi connectivity index (χ2v) is 9.09. The van der Waals surface area contributed by atoms with Gasteiger partial charge in [0.1, 0.15) is 5.52 Å². The molecule has 170 valence electrons. The second-order valence-electron chi connectivity index (χ2n) is 7.12. The van der Waals surface area contributed by atoms with E-state index < -0.39 is 27.6 Å². The number of hydroxylamine groups is 1. The number of hydrogen-bond donors (Lipinski definition) is 2. The summed E-state index contributed by atoms with van der Waals surface area (Å²) in [6.07, 6.45) is 0.0988. The maximum atomic E-state index is 13.4. The number of nitrogens with zero attached hydrogens (tertiary/aromatic N) is 2. The highest BCUT2D eigenvalue weighted by atomic mass is 32.2. The minimum Gasteiger partial charge on any atom is -0.440 e. The molecule has 3 aromatic carbocycles. The summed E-state index contributed by atoms with van der Waals surface area (Å²) >= 11 is 0. The molecule has 0 radical (unpaired) electrons. The van der Waals surface area contributed by atoms with Crippen molar-refractivity contribution >= 4 is 32.7 Å². The van der Waals surface area contributed by atoms with Crippen molar-refractivity contribution in [2.24, 2.45) is 0 Å². The average molecular weight is 473 g/mol. The summed E-state index contributed by atoms with van der Waals surface area (Å²) in [6.45, 7) is 0. The van der Waals surface area contributed by atoms with Gasteiger partial charge in [-0.3, -0.25) is 14.3 Å². The molecule has 4 aromatic rings. The van der Waals surface area contributed by atoms with E-state index in [-0.39, 0.29) is 28.4 Å². The van der Waals surface area contributed by atoms with Crippen molar-refractivity contribution < 1.29 is 31.6 Å². The molecule has 0 atom stereocenters. The van der Waals surface area contributed by atoms with Gasteiger partial charge in [0.2, 0.25) is 0 Å². The van der Waals surface area contributed by atoms with E-state index in [1.54, 1.807) is 0 Å². The van der Waals surface area contributed by atoms with Gasteiger partial charge in [-0.25, -0.2) is 27.7 Å². The highest BCUT2D eigenvalue weighted by molar-refractivity contribution is 7.92. The summed E-state index contributed by atoms with van der Waals surface area (Å²) in [6, 6.07) is 13.3. The minimum atomic E-state index is -3.98. The third-order valence-electron chi connectivity index (χ3n) is 5.00. The number of anilines is 1. The van der Waals surface area contributed by atoms with Crippen LogP contribution in [0.25, 0.3) is 11.1 Å². The van der Waals surface area contributed by atoms with Gasteiger partial charge in [0.15, 0.2) is 23.1 Å². The van der Waals surface area contributed by atoms with Crippen LogP contribution in [0.4, 0.5) is 14.5 Å². The molecular weight excluding hydrogens is 456 g/mol. The zero-order chi connectivity index (χ0) is 23.8. The molecule has 0 saturated heterocycles. The molecule has 1 amide bonds. The molecule has 33 heavy (non-hydrogen) atoms. The monoisotopic (exact) mass is 473 g/mol. The quantitative estimate of drug-likeness (QED) is 0.327. The van der Waals surface area contributed by atoms with Gasteiger partial charge in [-0.2, -0.15) is 0 Å². The lowest BCUT2D eigenvalue weighted by atomic mass is 10.1. The molecule has 0 aliphatic rings. The van der Waals surface area contributed by atoms with E-state index in [1.807, 2.05) is 0 Å².